The van der Waals surface area contributed by atoms with E-state index in [9.17, 15) is 9.59 Å². The van der Waals surface area contributed by atoms with Gasteiger partial charge in [-0.1, -0.05) is 36.3 Å². The van der Waals surface area contributed by atoms with E-state index in [0.717, 1.165) is 50.4 Å². The van der Waals surface area contributed by atoms with E-state index >= 15 is 0 Å². The summed E-state index contributed by atoms with van der Waals surface area (Å²) in [6.45, 7) is 7.15. The molecule has 0 saturated carbocycles. The molecule has 0 unspecified atom stereocenters. The van der Waals surface area contributed by atoms with Crippen molar-refractivity contribution in [3.63, 3.8) is 0 Å². The molecule has 8 heteroatoms. The Balaban J connectivity index is 1.62. The SMILES string of the molecule is CCCN1CCN(c2cc(NCCC(=O)O)c3c4c(onc24)-c2ccccc2C3=O)CC1. The number of carboxylic acid groups (broad SMARTS) is 1. The number of carboxylic acids is 1. The molecule has 2 N–H and O–H groups in total. The second-order valence-corrected chi connectivity index (χ2v) is 8.33. The zero-order valence-electron chi connectivity index (χ0n) is 18.1. The first kappa shape index (κ1) is 20.5. The molecule has 1 aliphatic carbocycles. The summed E-state index contributed by atoms with van der Waals surface area (Å²) in [5.41, 5.74) is 4.06. The average molecular weight is 434 g/mol. The number of benzene rings is 2. The number of ketones is 1. The minimum absolute atomic E-state index is 0.0379. The predicted molar refractivity (Wildman–Crippen MR) is 123 cm³/mol. The molecule has 2 aromatic carbocycles. The van der Waals surface area contributed by atoms with Crippen LogP contribution in [0.15, 0.2) is 34.9 Å². The van der Waals surface area contributed by atoms with Crippen LogP contribution in [0.5, 0.6) is 0 Å². The van der Waals surface area contributed by atoms with Gasteiger partial charge in [-0.05, 0) is 19.0 Å². The lowest BCUT2D eigenvalue weighted by Gasteiger charge is -2.36. The fraction of sp³-hybridized carbons (Fsp3) is 0.375. The van der Waals surface area contributed by atoms with Crippen molar-refractivity contribution in [3.8, 4) is 11.3 Å². The van der Waals surface area contributed by atoms with Gasteiger partial charge in [0.05, 0.1) is 23.1 Å². The highest BCUT2D eigenvalue weighted by Gasteiger charge is 2.34. The Labute approximate surface area is 185 Å². The molecular formula is C24H26N4O4. The maximum Gasteiger partial charge on any atom is 0.305 e. The van der Waals surface area contributed by atoms with E-state index in [-0.39, 0.29) is 18.7 Å². The lowest BCUT2D eigenvalue weighted by molar-refractivity contribution is -0.136. The predicted octanol–water partition coefficient (Wildman–Crippen LogP) is 3.46. The number of aromatic nitrogens is 1. The number of hydrogen-bond donors (Lipinski definition) is 2. The fourth-order valence-electron chi connectivity index (χ4n) is 4.76. The maximum atomic E-state index is 13.5. The molecule has 2 aliphatic rings. The van der Waals surface area contributed by atoms with Crippen LogP contribution in [0.1, 0.15) is 35.7 Å². The summed E-state index contributed by atoms with van der Waals surface area (Å²) in [4.78, 5) is 29.3. The summed E-state index contributed by atoms with van der Waals surface area (Å²) < 4.78 is 5.80. The minimum Gasteiger partial charge on any atom is -0.481 e. The largest absolute Gasteiger partial charge is 0.481 e. The van der Waals surface area contributed by atoms with E-state index in [2.05, 4.69) is 27.2 Å². The van der Waals surface area contributed by atoms with Gasteiger partial charge in [-0.15, -0.1) is 0 Å². The number of rotatable bonds is 7. The Bertz CT molecular complexity index is 1190. The Kier molecular flexibility index (Phi) is 5.30. The third-order valence-corrected chi connectivity index (χ3v) is 6.29. The molecule has 32 heavy (non-hydrogen) atoms. The zero-order chi connectivity index (χ0) is 22.2. The van der Waals surface area contributed by atoms with Gasteiger partial charge in [-0.3, -0.25) is 14.5 Å². The minimum atomic E-state index is -0.887. The normalized spacial score (nSPS) is 15.8. The number of nitrogens with zero attached hydrogens (tertiary/aromatic N) is 3. The van der Waals surface area contributed by atoms with Crippen molar-refractivity contribution in [3.05, 3.63) is 41.5 Å². The van der Waals surface area contributed by atoms with Crippen molar-refractivity contribution in [2.24, 2.45) is 0 Å². The molecular weight excluding hydrogens is 408 g/mol. The number of fused-ring (bicyclic) bond motifs is 2. The van der Waals surface area contributed by atoms with Gasteiger partial charge in [0.15, 0.2) is 11.5 Å². The molecule has 166 valence electrons. The summed E-state index contributed by atoms with van der Waals surface area (Å²) in [7, 11) is 0. The Morgan fingerprint density at radius 3 is 2.66 bits per heavy atom. The van der Waals surface area contributed by atoms with Crippen molar-refractivity contribution in [1.29, 1.82) is 0 Å². The van der Waals surface area contributed by atoms with Crippen molar-refractivity contribution < 1.29 is 19.2 Å². The molecule has 0 amide bonds. The van der Waals surface area contributed by atoms with Crippen LogP contribution < -0.4 is 10.2 Å². The van der Waals surface area contributed by atoms with E-state index in [1.807, 2.05) is 24.3 Å². The van der Waals surface area contributed by atoms with Gasteiger partial charge in [0.2, 0.25) is 0 Å². The number of piperazine rings is 1. The topological polar surface area (TPSA) is 98.9 Å². The van der Waals surface area contributed by atoms with E-state index in [4.69, 9.17) is 9.63 Å². The third kappa shape index (κ3) is 3.40. The van der Waals surface area contributed by atoms with E-state index in [1.165, 1.54) is 0 Å². The second-order valence-electron chi connectivity index (χ2n) is 8.33. The van der Waals surface area contributed by atoms with Gasteiger partial charge in [-0.2, -0.15) is 0 Å². The Morgan fingerprint density at radius 2 is 1.94 bits per heavy atom. The highest BCUT2D eigenvalue weighted by atomic mass is 16.5. The van der Waals surface area contributed by atoms with Gasteiger partial charge >= 0.3 is 5.97 Å². The van der Waals surface area contributed by atoms with E-state index < -0.39 is 5.97 Å². The molecule has 1 saturated heterocycles. The van der Waals surface area contributed by atoms with Crippen LogP contribution in [-0.4, -0.2) is 66.2 Å². The Hall–Kier alpha value is -3.39. The monoisotopic (exact) mass is 434 g/mol. The quantitative estimate of drug-likeness (QED) is 0.456. The van der Waals surface area contributed by atoms with E-state index in [0.29, 0.717) is 33.5 Å². The summed E-state index contributed by atoms with van der Waals surface area (Å²) in [6.07, 6.45) is 1.09. The lowest BCUT2D eigenvalue weighted by Crippen LogP contribution is -2.46. The van der Waals surface area contributed by atoms with Gasteiger partial charge in [0.1, 0.15) is 5.52 Å². The van der Waals surface area contributed by atoms with Gasteiger partial charge in [0.25, 0.3) is 0 Å². The van der Waals surface area contributed by atoms with Crippen LogP contribution >= 0.6 is 0 Å². The van der Waals surface area contributed by atoms with Gasteiger partial charge in [0, 0.05) is 49.5 Å². The van der Waals surface area contributed by atoms with Crippen LogP contribution in [0, 0.1) is 0 Å². The van der Waals surface area contributed by atoms with Crippen LogP contribution in [0.2, 0.25) is 0 Å². The maximum absolute atomic E-state index is 13.5. The molecule has 8 nitrogen and oxygen atoms in total. The molecule has 2 heterocycles. The smallest absolute Gasteiger partial charge is 0.305 e. The van der Waals surface area contributed by atoms with Crippen molar-refractivity contribution in [1.82, 2.24) is 10.1 Å². The first-order valence-corrected chi connectivity index (χ1v) is 11.1. The average Bonchev–Trinajstić information content (AvgIpc) is 3.23. The standard InChI is InChI=1S/C24H26N4O4/c1-2-9-27-10-12-28(13-11-27)18-14-17(25-8-7-19(29)30)20-21-22(18)26-32-24(21)16-6-4-3-5-15(16)23(20)31/h3-6,14,25H,2,7-13H2,1H3,(H,29,30). The van der Waals surface area contributed by atoms with Gasteiger partial charge < -0.3 is 19.8 Å². The first-order valence-electron chi connectivity index (χ1n) is 11.1. The number of aliphatic carboxylic acids is 1. The van der Waals surface area contributed by atoms with Crippen LogP contribution in [-0.2, 0) is 4.79 Å². The Morgan fingerprint density at radius 1 is 1.19 bits per heavy atom. The van der Waals surface area contributed by atoms with E-state index in [1.54, 1.807) is 6.07 Å². The first-order chi connectivity index (χ1) is 15.6. The number of hydrogen-bond acceptors (Lipinski definition) is 7. The van der Waals surface area contributed by atoms with Crippen LogP contribution in [0.4, 0.5) is 11.4 Å². The second kappa shape index (κ2) is 8.27. The molecule has 5 rings (SSSR count). The summed E-state index contributed by atoms with van der Waals surface area (Å²) in [6, 6.07) is 9.32. The van der Waals surface area contributed by atoms with Gasteiger partial charge in [-0.25, -0.2) is 0 Å². The van der Waals surface area contributed by atoms with Crippen molar-refractivity contribution in [2.45, 2.75) is 19.8 Å². The third-order valence-electron chi connectivity index (χ3n) is 6.29. The number of carbonyl (C=O) groups excluding carboxylic acids is 1. The summed E-state index contributed by atoms with van der Waals surface area (Å²) in [5.74, 6) is -0.391. The lowest BCUT2D eigenvalue weighted by atomic mass is 9.86. The molecule has 3 aromatic rings. The number of nitrogens with one attached hydrogen (secondary N) is 1. The highest BCUT2D eigenvalue weighted by Crippen LogP contribution is 2.45. The fourth-order valence-corrected chi connectivity index (χ4v) is 4.76. The molecule has 1 aliphatic heterocycles. The van der Waals surface area contributed by atoms with Crippen molar-refractivity contribution in [2.75, 3.05) is 49.5 Å². The molecule has 1 fully saturated rings. The molecule has 0 spiro atoms. The number of carbonyl (C=O) groups is 2. The van der Waals surface area contributed by atoms with Crippen LogP contribution in [0.25, 0.3) is 22.2 Å². The molecule has 0 bridgehead atoms. The molecule has 0 radical (unpaired) electrons. The highest BCUT2D eigenvalue weighted by molar-refractivity contribution is 6.28. The zero-order valence-corrected chi connectivity index (χ0v) is 18.1. The number of anilines is 2. The summed E-state index contributed by atoms with van der Waals surface area (Å²) >= 11 is 0. The summed E-state index contributed by atoms with van der Waals surface area (Å²) in [5, 5.41) is 17.4. The molecule has 0 atom stereocenters. The van der Waals surface area contributed by atoms with Crippen molar-refractivity contribution >= 4 is 34.0 Å². The molecule has 1 aromatic heterocycles. The van der Waals surface area contributed by atoms with Crippen LogP contribution in [0.3, 0.4) is 0 Å².